The van der Waals surface area contributed by atoms with Crippen LogP contribution >= 0.6 is 0 Å². The molecule has 0 aliphatic heterocycles. The van der Waals surface area contributed by atoms with Crippen LogP contribution in [0.25, 0.3) is 0 Å². The van der Waals surface area contributed by atoms with Gasteiger partial charge in [-0.05, 0) is 30.7 Å². The standard InChI is InChI=1S/C14H18N4O3/c15-7-12-13(18(20)21)5-6-14(17-12)16-8-10-3-1-2-4-11(10)9-19/h5-6,10-11,19H,1-4,8-9H2,(H,16,17). The Morgan fingerprint density at radius 2 is 2.14 bits per heavy atom. The maximum atomic E-state index is 10.7. The molecule has 0 radical (unpaired) electrons. The van der Waals surface area contributed by atoms with Crippen LogP contribution in [0.5, 0.6) is 0 Å². The van der Waals surface area contributed by atoms with Crippen molar-refractivity contribution in [2.45, 2.75) is 25.7 Å². The second kappa shape index (κ2) is 6.99. The molecule has 2 unspecified atom stereocenters. The molecule has 112 valence electrons. The van der Waals surface area contributed by atoms with Gasteiger partial charge in [0, 0.05) is 19.2 Å². The molecule has 2 rings (SSSR count). The zero-order chi connectivity index (χ0) is 15.2. The zero-order valence-electron chi connectivity index (χ0n) is 11.7. The predicted octanol–water partition coefficient (Wildman–Crippen LogP) is 2.07. The van der Waals surface area contributed by atoms with Crippen LogP contribution in [-0.4, -0.2) is 28.2 Å². The molecule has 0 saturated heterocycles. The highest BCUT2D eigenvalue weighted by atomic mass is 16.6. The molecule has 1 aromatic heterocycles. The number of nitriles is 1. The number of aromatic nitrogens is 1. The Hall–Kier alpha value is -2.20. The highest BCUT2D eigenvalue weighted by molar-refractivity contribution is 5.50. The molecule has 7 heteroatoms. The number of nitrogens with one attached hydrogen (secondary N) is 1. The molecule has 1 aromatic rings. The summed E-state index contributed by atoms with van der Waals surface area (Å²) in [4.78, 5) is 14.1. The van der Waals surface area contributed by atoms with Crippen LogP contribution < -0.4 is 5.32 Å². The highest BCUT2D eigenvalue weighted by Gasteiger charge is 2.24. The summed E-state index contributed by atoms with van der Waals surface area (Å²) in [6.07, 6.45) is 4.38. The third kappa shape index (κ3) is 3.67. The van der Waals surface area contributed by atoms with Gasteiger partial charge in [0.15, 0.2) is 0 Å². The normalized spacial score (nSPS) is 21.5. The Morgan fingerprint density at radius 1 is 1.43 bits per heavy atom. The first kappa shape index (κ1) is 15.2. The molecule has 1 aliphatic rings. The SMILES string of the molecule is N#Cc1nc(NCC2CCCCC2CO)ccc1[N+](=O)[O-]. The van der Waals surface area contributed by atoms with Crippen LogP contribution in [0.4, 0.5) is 11.5 Å². The van der Waals surface area contributed by atoms with E-state index >= 15 is 0 Å². The zero-order valence-corrected chi connectivity index (χ0v) is 11.7. The highest BCUT2D eigenvalue weighted by Crippen LogP contribution is 2.30. The lowest BCUT2D eigenvalue weighted by molar-refractivity contribution is -0.385. The van der Waals surface area contributed by atoms with Crippen molar-refractivity contribution in [1.82, 2.24) is 4.98 Å². The van der Waals surface area contributed by atoms with E-state index in [0.717, 1.165) is 25.7 Å². The summed E-state index contributed by atoms with van der Waals surface area (Å²) in [7, 11) is 0. The summed E-state index contributed by atoms with van der Waals surface area (Å²) in [6, 6.07) is 4.54. The van der Waals surface area contributed by atoms with Crippen LogP contribution in [0.2, 0.25) is 0 Å². The van der Waals surface area contributed by atoms with Crippen molar-refractivity contribution in [3.63, 3.8) is 0 Å². The smallest absolute Gasteiger partial charge is 0.305 e. The quantitative estimate of drug-likeness (QED) is 0.634. The third-order valence-electron chi connectivity index (χ3n) is 4.02. The van der Waals surface area contributed by atoms with E-state index in [9.17, 15) is 15.2 Å². The van der Waals surface area contributed by atoms with Crippen molar-refractivity contribution >= 4 is 11.5 Å². The summed E-state index contributed by atoms with van der Waals surface area (Å²) in [6.45, 7) is 0.838. The number of nitrogens with zero attached hydrogens (tertiary/aromatic N) is 3. The second-order valence-corrected chi connectivity index (χ2v) is 5.30. The van der Waals surface area contributed by atoms with Crippen molar-refractivity contribution in [2.24, 2.45) is 11.8 Å². The average Bonchev–Trinajstić information content (AvgIpc) is 2.52. The Kier molecular flexibility index (Phi) is 5.06. The molecule has 0 spiro atoms. The molecule has 21 heavy (non-hydrogen) atoms. The van der Waals surface area contributed by atoms with Gasteiger partial charge in [-0.2, -0.15) is 5.26 Å². The number of aliphatic hydroxyl groups excluding tert-OH is 1. The lowest BCUT2D eigenvalue weighted by Crippen LogP contribution is -2.28. The fourth-order valence-corrected chi connectivity index (χ4v) is 2.81. The van der Waals surface area contributed by atoms with E-state index in [0.29, 0.717) is 24.2 Å². The maximum Gasteiger partial charge on any atom is 0.305 e. The Labute approximate surface area is 122 Å². The first-order valence-electron chi connectivity index (χ1n) is 7.06. The average molecular weight is 290 g/mol. The van der Waals surface area contributed by atoms with Gasteiger partial charge in [-0.3, -0.25) is 10.1 Å². The lowest BCUT2D eigenvalue weighted by atomic mass is 9.79. The summed E-state index contributed by atoms with van der Waals surface area (Å²) >= 11 is 0. The van der Waals surface area contributed by atoms with Gasteiger partial charge < -0.3 is 10.4 Å². The number of pyridine rings is 1. The first-order chi connectivity index (χ1) is 10.2. The van der Waals surface area contributed by atoms with E-state index < -0.39 is 4.92 Å². The van der Waals surface area contributed by atoms with Crippen LogP contribution in [0.15, 0.2) is 12.1 Å². The van der Waals surface area contributed by atoms with Crippen LogP contribution in [0.3, 0.4) is 0 Å². The number of anilines is 1. The van der Waals surface area contributed by atoms with E-state index in [1.807, 2.05) is 0 Å². The van der Waals surface area contributed by atoms with Crippen molar-refractivity contribution in [1.29, 1.82) is 5.26 Å². The molecule has 0 bridgehead atoms. The molecule has 1 fully saturated rings. The van der Waals surface area contributed by atoms with Crippen molar-refractivity contribution < 1.29 is 10.0 Å². The van der Waals surface area contributed by atoms with Crippen molar-refractivity contribution in [2.75, 3.05) is 18.5 Å². The monoisotopic (exact) mass is 290 g/mol. The van der Waals surface area contributed by atoms with Gasteiger partial charge in [-0.1, -0.05) is 12.8 Å². The Balaban J connectivity index is 2.03. The summed E-state index contributed by atoms with van der Waals surface area (Å²) in [5.41, 5.74) is -0.471. The number of rotatable bonds is 5. The Bertz CT molecular complexity index is 556. The summed E-state index contributed by atoms with van der Waals surface area (Å²) in [5, 5.41) is 32.2. The number of hydrogen-bond donors (Lipinski definition) is 2. The number of hydrogen-bond acceptors (Lipinski definition) is 6. The van der Waals surface area contributed by atoms with Gasteiger partial charge >= 0.3 is 5.69 Å². The molecular formula is C14H18N4O3. The van der Waals surface area contributed by atoms with Crippen molar-refractivity contribution in [3.05, 3.63) is 27.9 Å². The molecule has 7 nitrogen and oxygen atoms in total. The summed E-state index contributed by atoms with van der Waals surface area (Å²) in [5.74, 6) is 1.12. The van der Waals surface area contributed by atoms with Crippen LogP contribution in [0.1, 0.15) is 31.4 Å². The summed E-state index contributed by atoms with van der Waals surface area (Å²) < 4.78 is 0. The third-order valence-corrected chi connectivity index (χ3v) is 4.02. The second-order valence-electron chi connectivity index (χ2n) is 5.30. The minimum absolute atomic E-state index is 0.184. The van der Waals surface area contributed by atoms with E-state index in [1.165, 1.54) is 12.1 Å². The Morgan fingerprint density at radius 3 is 2.76 bits per heavy atom. The fourth-order valence-electron chi connectivity index (χ4n) is 2.81. The van der Waals surface area contributed by atoms with Gasteiger partial charge in [0.25, 0.3) is 0 Å². The van der Waals surface area contributed by atoms with E-state index in [1.54, 1.807) is 6.07 Å². The van der Waals surface area contributed by atoms with Gasteiger partial charge in [0.05, 0.1) is 4.92 Å². The first-order valence-corrected chi connectivity index (χ1v) is 7.06. The largest absolute Gasteiger partial charge is 0.396 e. The molecule has 0 amide bonds. The maximum absolute atomic E-state index is 10.7. The molecule has 2 atom stereocenters. The lowest BCUT2D eigenvalue weighted by Gasteiger charge is -2.30. The molecular weight excluding hydrogens is 272 g/mol. The minimum Gasteiger partial charge on any atom is -0.396 e. The number of aliphatic hydroxyl groups is 1. The van der Waals surface area contributed by atoms with Gasteiger partial charge in [-0.15, -0.1) is 0 Å². The van der Waals surface area contributed by atoms with Crippen LogP contribution in [0, 0.1) is 33.3 Å². The molecule has 1 aliphatic carbocycles. The molecule has 1 heterocycles. The minimum atomic E-state index is -0.613. The van der Waals surface area contributed by atoms with E-state index in [2.05, 4.69) is 10.3 Å². The van der Waals surface area contributed by atoms with E-state index in [4.69, 9.17) is 5.26 Å². The van der Waals surface area contributed by atoms with Crippen molar-refractivity contribution in [3.8, 4) is 6.07 Å². The topological polar surface area (TPSA) is 112 Å². The van der Waals surface area contributed by atoms with E-state index in [-0.39, 0.29) is 18.0 Å². The number of nitro groups is 1. The van der Waals surface area contributed by atoms with Gasteiger partial charge in [0.1, 0.15) is 11.9 Å². The molecule has 0 aromatic carbocycles. The molecule has 2 N–H and O–H groups in total. The molecule has 1 saturated carbocycles. The fraction of sp³-hybridized carbons (Fsp3) is 0.571. The van der Waals surface area contributed by atoms with Crippen LogP contribution in [-0.2, 0) is 0 Å². The predicted molar refractivity (Wildman–Crippen MR) is 76.6 cm³/mol. The van der Waals surface area contributed by atoms with Gasteiger partial charge in [-0.25, -0.2) is 4.98 Å². The van der Waals surface area contributed by atoms with Gasteiger partial charge in [0.2, 0.25) is 5.69 Å².